The highest BCUT2D eigenvalue weighted by Crippen LogP contribution is 2.19. The number of rotatable bonds is 2. The molecule has 0 aliphatic heterocycles. The van der Waals surface area contributed by atoms with Crippen molar-refractivity contribution in [1.82, 2.24) is 0 Å². The van der Waals surface area contributed by atoms with Gasteiger partial charge in [0.25, 0.3) is 20.2 Å². The first kappa shape index (κ1) is 19.6. The quantitative estimate of drug-likeness (QED) is 0.777. The predicted octanol–water partition coefficient (Wildman–Crippen LogP) is 3.14. The van der Waals surface area contributed by atoms with Crippen molar-refractivity contribution in [2.75, 3.05) is 0 Å². The van der Waals surface area contributed by atoms with Crippen LogP contribution in [0.15, 0.2) is 52.3 Å². The molecule has 0 bridgehead atoms. The first-order valence-electron chi connectivity index (χ1n) is 6.20. The highest BCUT2D eigenvalue weighted by Gasteiger charge is 2.13. The Morgan fingerprint density at radius 1 is 0.783 bits per heavy atom. The number of aryl methyl sites for hydroxylation is 1. The van der Waals surface area contributed by atoms with Crippen molar-refractivity contribution in [1.29, 1.82) is 0 Å². The lowest BCUT2D eigenvalue weighted by Crippen LogP contribution is -2.01. The van der Waals surface area contributed by atoms with E-state index in [1.54, 1.807) is 32.0 Å². The Kier molecular flexibility index (Phi) is 6.32. The average Bonchev–Trinajstić information content (AvgIpc) is 2.40. The lowest BCUT2D eigenvalue weighted by Gasteiger charge is -2.03. The number of hydrogen-bond acceptors (Lipinski definition) is 4. The fourth-order valence-electron chi connectivity index (χ4n) is 1.66. The molecule has 9 heteroatoms. The van der Waals surface area contributed by atoms with Crippen LogP contribution in [0.1, 0.15) is 11.1 Å². The molecule has 6 nitrogen and oxygen atoms in total. The van der Waals surface area contributed by atoms with E-state index in [2.05, 4.69) is 0 Å². The van der Waals surface area contributed by atoms with Gasteiger partial charge in [0.1, 0.15) is 4.90 Å². The fourth-order valence-corrected chi connectivity index (χ4v) is 3.45. The van der Waals surface area contributed by atoms with Crippen molar-refractivity contribution in [3.8, 4) is 0 Å². The Labute approximate surface area is 140 Å². The minimum absolute atomic E-state index is 0.0116. The van der Waals surface area contributed by atoms with Crippen LogP contribution in [-0.2, 0) is 20.2 Å². The molecule has 0 saturated carbocycles. The summed E-state index contributed by atoms with van der Waals surface area (Å²) in [4.78, 5) is -0.274. The van der Waals surface area contributed by atoms with Crippen LogP contribution in [0.25, 0.3) is 0 Å². The highest BCUT2D eigenvalue weighted by atomic mass is 35.5. The molecule has 0 fully saturated rings. The number of halogens is 1. The van der Waals surface area contributed by atoms with Gasteiger partial charge in [0, 0.05) is 0 Å². The van der Waals surface area contributed by atoms with Gasteiger partial charge in [-0.15, -0.1) is 0 Å². The smallest absolute Gasteiger partial charge is 0.282 e. The molecule has 0 radical (unpaired) electrons. The third-order valence-corrected chi connectivity index (χ3v) is 5.30. The normalized spacial score (nSPS) is 11.5. The Hall–Kier alpha value is -1.45. The number of hydrogen-bond donors (Lipinski definition) is 2. The largest absolute Gasteiger partial charge is 0.296 e. The Morgan fingerprint density at radius 3 is 1.65 bits per heavy atom. The predicted molar refractivity (Wildman–Crippen MR) is 87.0 cm³/mol. The van der Waals surface area contributed by atoms with E-state index < -0.39 is 20.2 Å². The molecule has 0 spiro atoms. The molecule has 0 amide bonds. The van der Waals surface area contributed by atoms with E-state index >= 15 is 0 Å². The molecular weight excluding hydrogens is 364 g/mol. The van der Waals surface area contributed by atoms with Gasteiger partial charge < -0.3 is 0 Å². The first-order valence-corrected chi connectivity index (χ1v) is 9.46. The third-order valence-electron chi connectivity index (χ3n) is 2.95. The maximum absolute atomic E-state index is 10.8. The minimum atomic E-state index is -4.17. The second-order valence-corrected chi connectivity index (χ2v) is 7.77. The van der Waals surface area contributed by atoms with Crippen LogP contribution in [0.3, 0.4) is 0 Å². The van der Waals surface area contributed by atoms with Gasteiger partial charge in [-0.3, -0.25) is 9.11 Å². The second kappa shape index (κ2) is 7.41. The summed E-state index contributed by atoms with van der Waals surface area (Å²) in [5.41, 5.74) is 1.45. The summed E-state index contributed by atoms with van der Waals surface area (Å²) in [7, 11) is -8.22. The van der Waals surface area contributed by atoms with Crippen LogP contribution in [0.5, 0.6) is 0 Å². The number of benzene rings is 2. The topological polar surface area (TPSA) is 109 Å². The van der Waals surface area contributed by atoms with Crippen molar-refractivity contribution in [3.05, 3.63) is 58.6 Å². The SMILES string of the molecule is Cc1cccc(S(=O)(=O)O)c1C.O=S(=O)(O)c1ccccc1Cl. The van der Waals surface area contributed by atoms with E-state index in [0.29, 0.717) is 5.56 Å². The molecular formula is C14H15ClO6S2. The van der Waals surface area contributed by atoms with E-state index in [-0.39, 0.29) is 14.8 Å². The summed E-state index contributed by atoms with van der Waals surface area (Å²) in [5, 5.41) is 0.0231. The minimum Gasteiger partial charge on any atom is -0.282 e. The van der Waals surface area contributed by atoms with Crippen LogP contribution in [0.4, 0.5) is 0 Å². The van der Waals surface area contributed by atoms with Crippen LogP contribution in [0.2, 0.25) is 5.02 Å². The van der Waals surface area contributed by atoms with E-state index in [4.69, 9.17) is 20.7 Å². The van der Waals surface area contributed by atoms with E-state index in [1.807, 2.05) is 0 Å². The van der Waals surface area contributed by atoms with Crippen molar-refractivity contribution in [2.24, 2.45) is 0 Å². The Morgan fingerprint density at radius 2 is 1.26 bits per heavy atom. The Balaban J connectivity index is 0.000000231. The van der Waals surface area contributed by atoms with Gasteiger partial charge in [0.2, 0.25) is 0 Å². The van der Waals surface area contributed by atoms with E-state index in [1.165, 1.54) is 24.3 Å². The summed E-state index contributed by atoms with van der Waals surface area (Å²) < 4.78 is 59.9. The fraction of sp³-hybridized carbons (Fsp3) is 0.143. The summed E-state index contributed by atoms with van der Waals surface area (Å²) in [6.07, 6.45) is 0. The molecule has 0 aliphatic rings. The molecule has 2 aromatic rings. The molecule has 0 atom stereocenters. The molecule has 23 heavy (non-hydrogen) atoms. The Bertz CT molecular complexity index is 905. The third kappa shape index (κ3) is 5.60. The van der Waals surface area contributed by atoms with Crippen LogP contribution < -0.4 is 0 Å². The van der Waals surface area contributed by atoms with E-state index in [0.717, 1.165) is 5.56 Å². The summed E-state index contributed by atoms with van der Waals surface area (Å²) in [5.74, 6) is 0. The van der Waals surface area contributed by atoms with Crippen LogP contribution >= 0.6 is 11.6 Å². The van der Waals surface area contributed by atoms with Gasteiger partial charge in [0.05, 0.1) is 9.92 Å². The van der Waals surface area contributed by atoms with Gasteiger partial charge in [0.15, 0.2) is 0 Å². The lowest BCUT2D eigenvalue weighted by atomic mass is 10.1. The van der Waals surface area contributed by atoms with Gasteiger partial charge in [-0.05, 0) is 43.2 Å². The molecule has 2 aromatic carbocycles. The molecule has 2 N–H and O–H groups in total. The van der Waals surface area contributed by atoms with Crippen LogP contribution in [0, 0.1) is 13.8 Å². The molecule has 0 saturated heterocycles. The molecule has 0 aliphatic carbocycles. The van der Waals surface area contributed by atoms with Crippen LogP contribution in [-0.4, -0.2) is 25.9 Å². The van der Waals surface area contributed by atoms with Crippen molar-refractivity contribution >= 4 is 31.8 Å². The zero-order valence-electron chi connectivity index (χ0n) is 12.3. The highest BCUT2D eigenvalue weighted by molar-refractivity contribution is 7.86. The van der Waals surface area contributed by atoms with E-state index in [9.17, 15) is 16.8 Å². The zero-order chi connectivity index (χ0) is 17.8. The van der Waals surface area contributed by atoms with Crippen molar-refractivity contribution < 1.29 is 25.9 Å². The summed E-state index contributed by atoms with van der Waals surface area (Å²) in [6.45, 7) is 3.46. The zero-order valence-corrected chi connectivity index (χ0v) is 14.7. The van der Waals surface area contributed by atoms with Crippen molar-refractivity contribution in [3.63, 3.8) is 0 Å². The molecule has 2 rings (SSSR count). The maximum atomic E-state index is 10.8. The molecule has 0 heterocycles. The summed E-state index contributed by atoms with van der Waals surface area (Å²) >= 11 is 5.47. The molecule has 0 unspecified atom stereocenters. The average molecular weight is 379 g/mol. The van der Waals surface area contributed by atoms with Gasteiger partial charge in [-0.2, -0.15) is 16.8 Å². The standard InChI is InChI=1S/C8H10O3S.C6H5ClO3S/c1-6-4-3-5-8(7(6)2)12(9,10)11;7-5-3-1-2-4-6(5)11(8,9)10/h3-5H,1-2H3,(H,9,10,11);1-4H,(H,8,9,10). The summed E-state index contributed by atoms with van der Waals surface area (Å²) in [6, 6.07) is 10.5. The monoisotopic (exact) mass is 378 g/mol. The maximum Gasteiger partial charge on any atom is 0.296 e. The van der Waals surface area contributed by atoms with Gasteiger partial charge >= 0.3 is 0 Å². The van der Waals surface area contributed by atoms with Crippen molar-refractivity contribution in [2.45, 2.75) is 23.6 Å². The van der Waals surface area contributed by atoms with Gasteiger partial charge in [-0.25, -0.2) is 0 Å². The second-order valence-electron chi connectivity index (χ2n) is 4.58. The first-order chi connectivity index (χ1) is 10.4. The molecule has 126 valence electrons. The van der Waals surface area contributed by atoms with Gasteiger partial charge in [-0.1, -0.05) is 35.9 Å². The lowest BCUT2D eigenvalue weighted by molar-refractivity contribution is 0.480. The molecule has 0 aromatic heterocycles.